The number of rotatable bonds is 6. The largest absolute Gasteiger partial charge is 0.493 e. The summed E-state index contributed by atoms with van der Waals surface area (Å²) in [5.41, 5.74) is 8.32. The molecule has 3 aromatic carbocycles. The summed E-state index contributed by atoms with van der Waals surface area (Å²) in [4.78, 5) is 29.3. The molecule has 1 aromatic heterocycles. The Morgan fingerprint density at radius 3 is 2.31 bits per heavy atom. The number of nitrogens with zero attached hydrogens (tertiary/aromatic N) is 2. The van der Waals surface area contributed by atoms with Gasteiger partial charge in [0.1, 0.15) is 6.33 Å². The van der Waals surface area contributed by atoms with Crippen molar-refractivity contribution in [3.8, 4) is 17.2 Å². The molecule has 4 aromatic rings. The molecule has 0 aliphatic rings. The summed E-state index contributed by atoms with van der Waals surface area (Å²) < 4.78 is 12.6. The highest BCUT2D eigenvalue weighted by Gasteiger charge is 2.13. The number of hydrogen-bond donors (Lipinski definition) is 2. The van der Waals surface area contributed by atoms with Crippen molar-refractivity contribution in [1.29, 1.82) is 0 Å². The maximum Gasteiger partial charge on any atom is 0.269 e. The van der Waals surface area contributed by atoms with Gasteiger partial charge >= 0.3 is 0 Å². The maximum atomic E-state index is 12.5. The van der Waals surface area contributed by atoms with E-state index in [1.807, 2.05) is 47.9 Å². The second-order valence-electron chi connectivity index (χ2n) is 6.86. The highest BCUT2D eigenvalue weighted by Crippen LogP contribution is 2.28. The quantitative estimate of drug-likeness (QED) is 0.457. The zero-order valence-corrected chi connectivity index (χ0v) is 17.7. The molecule has 0 unspecified atom stereocenters. The number of fused-ring (bicyclic) bond motifs is 1. The number of hydrazine groups is 1. The SMILES string of the molecule is CCOc1ccc(C(=O)NNC(=O)c2ccc(-n3cnc4ccccc43)cc2)cc1OC. The van der Waals surface area contributed by atoms with Crippen LogP contribution in [-0.2, 0) is 0 Å². The predicted octanol–water partition coefficient (Wildman–Crippen LogP) is 3.51. The number of carbonyl (C=O) groups excluding carboxylic acids is 2. The standard InChI is InChI=1S/C24H22N4O4/c1-3-32-21-13-10-17(14-22(21)31-2)24(30)27-26-23(29)16-8-11-18(12-9-16)28-15-25-19-6-4-5-7-20(19)28/h4-15H,3H2,1-2H3,(H,26,29)(H,27,30). The van der Waals surface area contributed by atoms with Crippen LogP contribution in [0.3, 0.4) is 0 Å². The second kappa shape index (κ2) is 9.22. The fourth-order valence-electron chi connectivity index (χ4n) is 3.28. The molecule has 4 rings (SSSR count). The summed E-state index contributed by atoms with van der Waals surface area (Å²) >= 11 is 0. The number of nitrogens with one attached hydrogen (secondary N) is 2. The third-order valence-corrected chi connectivity index (χ3v) is 4.88. The Morgan fingerprint density at radius 1 is 0.906 bits per heavy atom. The molecule has 0 fully saturated rings. The number of imidazole rings is 1. The second-order valence-corrected chi connectivity index (χ2v) is 6.86. The molecule has 8 nitrogen and oxygen atoms in total. The first-order chi connectivity index (χ1) is 15.6. The van der Waals surface area contributed by atoms with Crippen molar-refractivity contribution in [2.24, 2.45) is 0 Å². The van der Waals surface area contributed by atoms with Gasteiger partial charge < -0.3 is 9.47 Å². The molecule has 2 amide bonds. The summed E-state index contributed by atoms with van der Waals surface area (Å²) in [5, 5.41) is 0. The zero-order chi connectivity index (χ0) is 22.5. The molecule has 0 saturated carbocycles. The van der Waals surface area contributed by atoms with Crippen molar-refractivity contribution in [3.05, 3.63) is 84.2 Å². The van der Waals surface area contributed by atoms with Crippen LogP contribution in [0, 0.1) is 0 Å². The van der Waals surface area contributed by atoms with Gasteiger partial charge in [-0.25, -0.2) is 4.98 Å². The van der Waals surface area contributed by atoms with Gasteiger partial charge in [0.2, 0.25) is 0 Å². The van der Waals surface area contributed by atoms with E-state index in [0.29, 0.717) is 29.2 Å². The lowest BCUT2D eigenvalue weighted by atomic mass is 10.2. The van der Waals surface area contributed by atoms with Gasteiger partial charge in [-0.1, -0.05) is 12.1 Å². The van der Waals surface area contributed by atoms with Crippen molar-refractivity contribution in [2.45, 2.75) is 6.92 Å². The predicted molar refractivity (Wildman–Crippen MR) is 120 cm³/mol. The molecule has 0 bridgehead atoms. The van der Waals surface area contributed by atoms with Crippen LogP contribution in [0.2, 0.25) is 0 Å². The highest BCUT2D eigenvalue weighted by molar-refractivity contribution is 5.99. The fraction of sp³-hybridized carbons (Fsp3) is 0.125. The summed E-state index contributed by atoms with van der Waals surface area (Å²) in [6.07, 6.45) is 1.74. The first kappa shape index (κ1) is 20.9. The Bertz CT molecular complexity index is 1260. The van der Waals surface area contributed by atoms with Crippen LogP contribution in [-0.4, -0.2) is 35.1 Å². The molecule has 0 spiro atoms. The average Bonchev–Trinajstić information content (AvgIpc) is 3.27. The minimum Gasteiger partial charge on any atom is -0.493 e. The van der Waals surface area contributed by atoms with Crippen LogP contribution >= 0.6 is 0 Å². The van der Waals surface area contributed by atoms with E-state index in [1.54, 1.807) is 36.7 Å². The van der Waals surface area contributed by atoms with Crippen LogP contribution in [0.5, 0.6) is 11.5 Å². The maximum absolute atomic E-state index is 12.5. The number of methoxy groups -OCH3 is 1. The van der Waals surface area contributed by atoms with Gasteiger partial charge in [0.25, 0.3) is 11.8 Å². The molecule has 0 aliphatic carbocycles. The van der Waals surface area contributed by atoms with Crippen LogP contribution in [0.1, 0.15) is 27.6 Å². The molecule has 32 heavy (non-hydrogen) atoms. The van der Waals surface area contributed by atoms with Crippen LogP contribution in [0.4, 0.5) is 0 Å². The van der Waals surface area contributed by atoms with Gasteiger partial charge in [0.05, 0.1) is 24.8 Å². The lowest BCUT2D eigenvalue weighted by Crippen LogP contribution is -2.41. The van der Waals surface area contributed by atoms with E-state index in [2.05, 4.69) is 15.8 Å². The Balaban J connectivity index is 1.41. The van der Waals surface area contributed by atoms with Gasteiger partial charge in [-0.15, -0.1) is 0 Å². The Labute approximate surface area is 184 Å². The Kier molecular flexibility index (Phi) is 6.03. The molecule has 2 N–H and O–H groups in total. The van der Waals surface area contributed by atoms with Gasteiger partial charge in [-0.2, -0.15) is 0 Å². The number of carbonyl (C=O) groups is 2. The molecule has 0 radical (unpaired) electrons. The topological polar surface area (TPSA) is 94.5 Å². The Morgan fingerprint density at radius 2 is 1.59 bits per heavy atom. The van der Waals surface area contributed by atoms with Crippen LogP contribution in [0.25, 0.3) is 16.7 Å². The van der Waals surface area contributed by atoms with Gasteiger partial charge in [0.15, 0.2) is 11.5 Å². The van der Waals surface area contributed by atoms with Crippen LogP contribution in [0.15, 0.2) is 73.1 Å². The minimum absolute atomic E-state index is 0.327. The first-order valence-electron chi connectivity index (χ1n) is 10.0. The molecule has 0 saturated heterocycles. The summed E-state index contributed by atoms with van der Waals surface area (Å²) in [7, 11) is 1.50. The van der Waals surface area contributed by atoms with Crippen molar-refractivity contribution >= 4 is 22.8 Å². The van der Waals surface area contributed by atoms with Crippen molar-refractivity contribution in [2.75, 3.05) is 13.7 Å². The fourth-order valence-corrected chi connectivity index (χ4v) is 3.28. The van der Waals surface area contributed by atoms with E-state index >= 15 is 0 Å². The number of ether oxygens (including phenoxy) is 2. The van der Waals surface area contributed by atoms with E-state index in [-0.39, 0.29) is 0 Å². The molecular weight excluding hydrogens is 408 g/mol. The van der Waals surface area contributed by atoms with Gasteiger partial charge in [-0.05, 0) is 61.5 Å². The number of amides is 2. The molecule has 0 aliphatic heterocycles. The first-order valence-corrected chi connectivity index (χ1v) is 10.0. The molecule has 1 heterocycles. The van der Waals surface area contributed by atoms with Gasteiger partial charge in [-0.3, -0.25) is 25.0 Å². The molecule has 162 valence electrons. The third-order valence-electron chi connectivity index (χ3n) is 4.88. The van der Waals surface area contributed by atoms with E-state index < -0.39 is 11.8 Å². The summed E-state index contributed by atoms with van der Waals surface area (Å²) in [6.45, 7) is 2.34. The smallest absolute Gasteiger partial charge is 0.269 e. The molecule has 8 heteroatoms. The van der Waals surface area contributed by atoms with Gasteiger partial charge in [0, 0.05) is 16.8 Å². The lowest BCUT2D eigenvalue weighted by molar-refractivity contribution is 0.0846. The van der Waals surface area contributed by atoms with Crippen molar-refractivity contribution in [3.63, 3.8) is 0 Å². The zero-order valence-electron chi connectivity index (χ0n) is 17.7. The molecule has 0 atom stereocenters. The average molecular weight is 430 g/mol. The number of hydrogen-bond acceptors (Lipinski definition) is 5. The Hall–Kier alpha value is -4.33. The van der Waals surface area contributed by atoms with E-state index in [0.717, 1.165) is 16.7 Å². The number of benzene rings is 3. The summed E-state index contributed by atoms with van der Waals surface area (Å²) in [6, 6.07) is 19.6. The van der Waals surface area contributed by atoms with Crippen molar-refractivity contribution in [1.82, 2.24) is 20.4 Å². The third kappa shape index (κ3) is 4.24. The highest BCUT2D eigenvalue weighted by atomic mass is 16.5. The van der Waals surface area contributed by atoms with E-state index in [1.165, 1.54) is 7.11 Å². The minimum atomic E-state index is -0.471. The number of aromatic nitrogens is 2. The monoisotopic (exact) mass is 430 g/mol. The van der Waals surface area contributed by atoms with Crippen molar-refractivity contribution < 1.29 is 19.1 Å². The molecular formula is C24H22N4O4. The van der Waals surface area contributed by atoms with E-state index in [4.69, 9.17) is 9.47 Å². The number of para-hydroxylation sites is 2. The van der Waals surface area contributed by atoms with Crippen LogP contribution < -0.4 is 20.3 Å². The lowest BCUT2D eigenvalue weighted by Gasteiger charge is -2.12. The van der Waals surface area contributed by atoms with E-state index in [9.17, 15) is 9.59 Å². The normalized spacial score (nSPS) is 10.6. The summed E-state index contributed by atoms with van der Waals surface area (Å²) in [5.74, 6) is 0.0780.